The van der Waals surface area contributed by atoms with E-state index >= 15 is 0 Å². The van der Waals surface area contributed by atoms with Crippen molar-refractivity contribution in [2.24, 2.45) is 5.73 Å². The quantitative estimate of drug-likeness (QED) is 0.427. The Balaban J connectivity index is 0.000000291. The van der Waals surface area contributed by atoms with Crippen molar-refractivity contribution in [2.45, 2.75) is 37.1 Å². The smallest absolute Gasteiger partial charge is 0.335 e. The van der Waals surface area contributed by atoms with Crippen LogP contribution in [0, 0.1) is 0 Å². The summed E-state index contributed by atoms with van der Waals surface area (Å²) >= 11 is 0. The van der Waals surface area contributed by atoms with Crippen molar-refractivity contribution in [1.29, 1.82) is 0 Å². The first-order valence-corrected chi connectivity index (χ1v) is 9.70. The number of likely N-dealkylation sites (tertiary alicyclic amines) is 1. The third-order valence-electron chi connectivity index (χ3n) is 4.99. The van der Waals surface area contributed by atoms with Gasteiger partial charge in [-0.25, -0.2) is 9.59 Å². The SMILES string of the molecule is NC(=O)C1CCCN1C(c1ccccc1)c1ccccc1.O=C(O)C(O)C(O)C(=O)O. The predicted octanol–water partition coefficient (Wildman–Crippen LogP) is 0.603. The number of benzene rings is 2. The fraction of sp³-hybridized carbons (Fsp3) is 0.318. The molecule has 3 rings (SSSR count). The Morgan fingerprint density at radius 2 is 1.26 bits per heavy atom. The van der Waals surface area contributed by atoms with Gasteiger partial charge in [0.1, 0.15) is 0 Å². The minimum atomic E-state index is -2.27. The van der Waals surface area contributed by atoms with Crippen LogP contribution in [0.15, 0.2) is 60.7 Å². The average molecular weight is 430 g/mol. The predicted molar refractivity (Wildman–Crippen MR) is 111 cm³/mol. The lowest BCUT2D eigenvalue weighted by molar-refractivity contribution is -0.165. The summed E-state index contributed by atoms with van der Waals surface area (Å²) in [6.45, 7) is 0.905. The highest BCUT2D eigenvalue weighted by Crippen LogP contribution is 2.34. The fourth-order valence-electron chi connectivity index (χ4n) is 3.52. The van der Waals surface area contributed by atoms with Gasteiger partial charge >= 0.3 is 11.9 Å². The van der Waals surface area contributed by atoms with E-state index in [1.807, 2.05) is 36.4 Å². The number of rotatable bonds is 7. The molecule has 1 aliphatic rings. The molecule has 0 saturated carbocycles. The lowest BCUT2D eigenvalue weighted by atomic mass is 9.96. The van der Waals surface area contributed by atoms with E-state index in [2.05, 4.69) is 29.2 Å². The minimum Gasteiger partial charge on any atom is -0.479 e. The van der Waals surface area contributed by atoms with Crippen LogP contribution in [-0.4, -0.2) is 68.0 Å². The van der Waals surface area contributed by atoms with Crippen molar-refractivity contribution < 1.29 is 34.8 Å². The number of carbonyl (C=O) groups is 3. The number of aliphatic hydroxyl groups is 2. The van der Waals surface area contributed by atoms with Gasteiger partial charge in [0.2, 0.25) is 5.91 Å². The number of primary amides is 1. The summed E-state index contributed by atoms with van der Waals surface area (Å²) in [5.74, 6) is -3.76. The summed E-state index contributed by atoms with van der Waals surface area (Å²) < 4.78 is 0. The molecule has 0 spiro atoms. The lowest BCUT2D eigenvalue weighted by Crippen LogP contribution is -2.42. The zero-order valence-electron chi connectivity index (χ0n) is 16.7. The molecule has 1 aliphatic heterocycles. The number of amides is 1. The van der Waals surface area contributed by atoms with E-state index in [0.717, 1.165) is 19.4 Å². The van der Waals surface area contributed by atoms with Gasteiger partial charge in [-0.15, -0.1) is 0 Å². The molecule has 6 N–H and O–H groups in total. The van der Waals surface area contributed by atoms with Crippen molar-refractivity contribution in [3.05, 3.63) is 71.8 Å². The molecule has 1 saturated heterocycles. The van der Waals surface area contributed by atoms with Crippen molar-refractivity contribution in [1.82, 2.24) is 4.90 Å². The van der Waals surface area contributed by atoms with Crippen LogP contribution in [0.1, 0.15) is 30.0 Å². The van der Waals surface area contributed by atoms with Gasteiger partial charge in [-0.2, -0.15) is 0 Å². The molecule has 0 aromatic heterocycles. The monoisotopic (exact) mass is 430 g/mol. The van der Waals surface area contributed by atoms with E-state index in [4.69, 9.17) is 26.2 Å². The third-order valence-corrected chi connectivity index (χ3v) is 4.99. The molecule has 0 aliphatic carbocycles. The first-order valence-electron chi connectivity index (χ1n) is 9.70. The van der Waals surface area contributed by atoms with E-state index in [-0.39, 0.29) is 18.0 Å². The van der Waals surface area contributed by atoms with Gasteiger partial charge in [-0.05, 0) is 30.5 Å². The second kappa shape index (κ2) is 11.2. The summed E-state index contributed by atoms with van der Waals surface area (Å²) in [5, 5.41) is 32.5. The summed E-state index contributed by atoms with van der Waals surface area (Å²) in [6.07, 6.45) is -2.66. The maximum Gasteiger partial charge on any atom is 0.335 e. The van der Waals surface area contributed by atoms with E-state index < -0.39 is 24.1 Å². The standard InChI is InChI=1S/C18H20N2O.C4H6O6/c19-18(21)16-12-7-13-20(16)17(14-8-3-1-4-9-14)15-10-5-2-6-11-15;5-1(3(7)8)2(6)4(9)10/h1-6,8-11,16-17H,7,12-13H2,(H2,19,21);1-2,5-6H,(H,7,8)(H,9,10). The van der Waals surface area contributed by atoms with Gasteiger partial charge in [-0.3, -0.25) is 9.69 Å². The van der Waals surface area contributed by atoms with Gasteiger partial charge in [0.15, 0.2) is 12.2 Å². The molecule has 9 nitrogen and oxygen atoms in total. The number of carboxylic acids is 2. The van der Waals surface area contributed by atoms with Gasteiger partial charge in [-0.1, -0.05) is 60.7 Å². The highest BCUT2D eigenvalue weighted by molar-refractivity contribution is 5.83. The number of carboxylic acid groups (broad SMARTS) is 2. The average Bonchev–Trinajstić information content (AvgIpc) is 3.24. The van der Waals surface area contributed by atoms with E-state index in [1.54, 1.807) is 0 Å². The van der Waals surface area contributed by atoms with Crippen molar-refractivity contribution in [3.63, 3.8) is 0 Å². The molecule has 0 bridgehead atoms. The molecule has 1 heterocycles. The van der Waals surface area contributed by atoms with Crippen LogP contribution in [0.25, 0.3) is 0 Å². The van der Waals surface area contributed by atoms with Crippen molar-refractivity contribution in [3.8, 4) is 0 Å². The number of hydrogen-bond acceptors (Lipinski definition) is 6. The van der Waals surface area contributed by atoms with Crippen molar-refractivity contribution in [2.75, 3.05) is 6.54 Å². The van der Waals surface area contributed by atoms with Crippen LogP contribution >= 0.6 is 0 Å². The van der Waals surface area contributed by atoms with Gasteiger partial charge in [0.05, 0.1) is 12.1 Å². The number of nitrogens with two attached hydrogens (primary N) is 1. The maximum absolute atomic E-state index is 11.8. The topological polar surface area (TPSA) is 161 Å². The Morgan fingerprint density at radius 1 is 0.839 bits per heavy atom. The Kier molecular flexibility index (Phi) is 8.68. The highest BCUT2D eigenvalue weighted by atomic mass is 16.4. The second-order valence-electron chi connectivity index (χ2n) is 7.09. The van der Waals surface area contributed by atoms with E-state index in [1.165, 1.54) is 11.1 Å². The van der Waals surface area contributed by atoms with E-state index in [0.29, 0.717) is 0 Å². The molecule has 1 amide bonds. The number of hydrogen-bond donors (Lipinski definition) is 5. The first kappa shape index (κ1) is 24.0. The summed E-state index contributed by atoms with van der Waals surface area (Å²) in [6, 6.07) is 20.6. The fourth-order valence-corrected chi connectivity index (χ4v) is 3.52. The molecule has 3 unspecified atom stereocenters. The molecule has 2 aromatic rings. The van der Waals surface area contributed by atoms with Gasteiger partial charge in [0.25, 0.3) is 0 Å². The highest BCUT2D eigenvalue weighted by Gasteiger charge is 2.35. The van der Waals surface area contributed by atoms with Crippen LogP contribution in [-0.2, 0) is 14.4 Å². The molecule has 3 atom stereocenters. The Labute approximate surface area is 179 Å². The Hall–Kier alpha value is -3.27. The van der Waals surface area contributed by atoms with Gasteiger partial charge in [0, 0.05) is 0 Å². The van der Waals surface area contributed by atoms with Crippen molar-refractivity contribution >= 4 is 17.8 Å². The largest absolute Gasteiger partial charge is 0.479 e. The number of aliphatic hydroxyl groups excluding tert-OH is 2. The molecule has 0 radical (unpaired) electrons. The molecule has 166 valence electrons. The first-order chi connectivity index (χ1) is 14.7. The van der Waals surface area contributed by atoms with Crippen LogP contribution in [0.4, 0.5) is 0 Å². The van der Waals surface area contributed by atoms with Crippen LogP contribution in [0.5, 0.6) is 0 Å². The number of aliphatic carboxylic acids is 2. The lowest BCUT2D eigenvalue weighted by Gasteiger charge is -2.32. The molecule has 1 fully saturated rings. The van der Waals surface area contributed by atoms with Crippen LogP contribution in [0.3, 0.4) is 0 Å². The minimum absolute atomic E-state index is 0.0902. The van der Waals surface area contributed by atoms with Crippen LogP contribution in [0.2, 0.25) is 0 Å². The Bertz CT molecular complexity index is 818. The zero-order valence-corrected chi connectivity index (χ0v) is 16.7. The normalized spacial score (nSPS) is 18.0. The second-order valence-corrected chi connectivity index (χ2v) is 7.09. The molecular weight excluding hydrogens is 404 g/mol. The maximum atomic E-state index is 11.8. The van der Waals surface area contributed by atoms with Gasteiger partial charge < -0.3 is 26.2 Å². The molecule has 9 heteroatoms. The molecule has 31 heavy (non-hydrogen) atoms. The zero-order chi connectivity index (χ0) is 23.0. The number of nitrogens with zero attached hydrogens (tertiary/aromatic N) is 1. The molecular formula is C22H26N2O7. The third kappa shape index (κ3) is 6.35. The number of carbonyl (C=O) groups excluding carboxylic acids is 1. The summed E-state index contributed by atoms with van der Waals surface area (Å²) in [7, 11) is 0. The Morgan fingerprint density at radius 3 is 1.61 bits per heavy atom. The molecule has 2 aromatic carbocycles. The summed E-state index contributed by atoms with van der Waals surface area (Å²) in [5.41, 5.74) is 8.01. The van der Waals surface area contributed by atoms with Crippen LogP contribution < -0.4 is 5.73 Å². The summed E-state index contributed by atoms with van der Waals surface area (Å²) in [4.78, 5) is 33.5. The van der Waals surface area contributed by atoms with E-state index in [9.17, 15) is 14.4 Å².